The lowest BCUT2D eigenvalue weighted by molar-refractivity contribution is -0.140. The van der Waals surface area contributed by atoms with Gasteiger partial charge < -0.3 is 15.0 Å². The van der Waals surface area contributed by atoms with Crippen LogP contribution in [0, 0.1) is 0 Å². The number of rotatable bonds is 13. The Bertz CT molecular complexity index is 1550. The molecule has 44 heavy (non-hydrogen) atoms. The molecule has 4 rings (SSSR count). The van der Waals surface area contributed by atoms with Crippen LogP contribution in [0.25, 0.3) is 0 Å². The van der Waals surface area contributed by atoms with Crippen LogP contribution in [0.4, 0.5) is 5.69 Å². The average molecular weight is 726 g/mol. The number of benzene rings is 3. The van der Waals surface area contributed by atoms with Gasteiger partial charge in [0.15, 0.2) is 0 Å². The predicted molar refractivity (Wildman–Crippen MR) is 178 cm³/mol. The zero-order valence-electron chi connectivity index (χ0n) is 24.6. The molecule has 12 heteroatoms. The van der Waals surface area contributed by atoms with Gasteiger partial charge in [0.1, 0.15) is 18.3 Å². The third kappa shape index (κ3) is 8.47. The van der Waals surface area contributed by atoms with Gasteiger partial charge in [0, 0.05) is 27.1 Å². The second-order valence-electron chi connectivity index (χ2n) is 10.6. The van der Waals surface area contributed by atoms with Gasteiger partial charge in [0.2, 0.25) is 11.8 Å². The maximum atomic E-state index is 14.3. The van der Waals surface area contributed by atoms with Crippen molar-refractivity contribution in [2.75, 3.05) is 17.5 Å². The largest absolute Gasteiger partial charge is 0.494 e. The molecule has 1 N–H and O–H groups in total. The molecule has 3 aromatic carbocycles. The highest BCUT2D eigenvalue weighted by atomic mass is 79.9. The predicted octanol–water partition coefficient (Wildman–Crippen LogP) is 7.22. The highest BCUT2D eigenvalue weighted by Crippen LogP contribution is 2.29. The summed E-state index contributed by atoms with van der Waals surface area (Å²) in [5.74, 6) is -0.266. The van der Waals surface area contributed by atoms with E-state index in [1.165, 1.54) is 17.0 Å². The van der Waals surface area contributed by atoms with E-state index < -0.39 is 28.5 Å². The van der Waals surface area contributed by atoms with E-state index in [9.17, 15) is 18.0 Å². The molecule has 0 aliphatic heterocycles. The van der Waals surface area contributed by atoms with Crippen LogP contribution < -0.4 is 14.4 Å². The number of hydrogen-bond acceptors (Lipinski definition) is 5. The zero-order chi connectivity index (χ0) is 31.9. The fourth-order valence-electron chi connectivity index (χ4n) is 5.26. The molecule has 0 saturated heterocycles. The van der Waals surface area contributed by atoms with Crippen LogP contribution in [0.15, 0.2) is 76.1 Å². The topological polar surface area (TPSA) is 96.0 Å². The van der Waals surface area contributed by atoms with Crippen molar-refractivity contribution in [3.8, 4) is 5.75 Å². The molecule has 3 aromatic rings. The second kappa shape index (κ2) is 15.5. The number of anilines is 1. The lowest BCUT2D eigenvalue weighted by atomic mass is 10.1. The van der Waals surface area contributed by atoms with Crippen LogP contribution in [0.3, 0.4) is 0 Å². The highest BCUT2D eigenvalue weighted by molar-refractivity contribution is 9.10. The summed E-state index contributed by atoms with van der Waals surface area (Å²) in [4.78, 5) is 29.3. The Morgan fingerprint density at radius 3 is 2.25 bits per heavy atom. The van der Waals surface area contributed by atoms with Crippen molar-refractivity contribution in [2.45, 2.75) is 69.5 Å². The quantitative estimate of drug-likeness (QED) is 0.201. The maximum Gasteiger partial charge on any atom is 0.264 e. The van der Waals surface area contributed by atoms with Crippen molar-refractivity contribution < 1.29 is 22.7 Å². The van der Waals surface area contributed by atoms with Gasteiger partial charge in [-0.1, -0.05) is 65.0 Å². The van der Waals surface area contributed by atoms with Crippen LogP contribution in [0.5, 0.6) is 5.75 Å². The van der Waals surface area contributed by atoms with E-state index in [2.05, 4.69) is 21.2 Å². The molecule has 2 amide bonds. The lowest BCUT2D eigenvalue weighted by Gasteiger charge is -2.34. The van der Waals surface area contributed by atoms with Gasteiger partial charge in [-0.15, -0.1) is 0 Å². The smallest absolute Gasteiger partial charge is 0.264 e. The Kier molecular flexibility index (Phi) is 12.0. The molecule has 1 atom stereocenters. The summed E-state index contributed by atoms with van der Waals surface area (Å²) in [5, 5.41) is 3.88. The van der Waals surface area contributed by atoms with Crippen molar-refractivity contribution in [1.29, 1.82) is 0 Å². The molecule has 1 aliphatic rings. The molecule has 1 fully saturated rings. The summed E-state index contributed by atoms with van der Waals surface area (Å²) in [6.07, 6.45) is 4.16. The van der Waals surface area contributed by atoms with E-state index in [0.29, 0.717) is 38.9 Å². The van der Waals surface area contributed by atoms with Crippen molar-refractivity contribution in [2.24, 2.45) is 0 Å². The van der Waals surface area contributed by atoms with Crippen molar-refractivity contribution in [1.82, 2.24) is 10.2 Å². The first kappa shape index (κ1) is 34.1. The SMILES string of the molecule is CCOc1ccc(N(CC(=O)N(Cc2ccc(Cl)cc2Cl)C(CC)C(=O)NC2CCCC2)S(=O)(=O)c2ccc(Br)cc2)cc1. The highest BCUT2D eigenvalue weighted by Gasteiger charge is 2.35. The standard InChI is InChI=1S/C32H36BrCl2N3O5S/c1-3-30(32(40)36-25-7-5-6-8-25)37(20-22-9-12-24(34)19-29(22)35)31(39)21-38(26-13-15-27(16-14-26)43-4-2)44(41,42)28-17-10-23(33)11-18-28/h9-19,25,30H,3-8,20-21H2,1-2H3,(H,36,40). The molecule has 236 valence electrons. The molecule has 0 spiro atoms. The minimum Gasteiger partial charge on any atom is -0.494 e. The lowest BCUT2D eigenvalue weighted by Crippen LogP contribution is -2.53. The van der Waals surface area contributed by atoms with E-state index in [4.69, 9.17) is 27.9 Å². The molecule has 8 nitrogen and oxygen atoms in total. The minimum absolute atomic E-state index is 0.0130. The Balaban J connectivity index is 1.73. The number of amides is 2. The minimum atomic E-state index is -4.20. The third-order valence-electron chi connectivity index (χ3n) is 7.56. The van der Waals surface area contributed by atoms with E-state index in [1.54, 1.807) is 54.6 Å². The van der Waals surface area contributed by atoms with Crippen LogP contribution in [0.1, 0.15) is 51.5 Å². The summed E-state index contributed by atoms with van der Waals surface area (Å²) in [6.45, 7) is 3.56. The second-order valence-corrected chi connectivity index (χ2v) is 14.2. The first-order valence-electron chi connectivity index (χ1n) is 14.6. The van der Waals surface area contributed by atoms with Crippen molar-refractivity contribution >= 4 is 66.7 Å². The van der Waals surface area contributed by atoms with E-state index in [0.717, 1.165) is 30.0 Å². The van der Waals surface area contributed by atoms with Crippen LogP contribution in [-0.4, -0.2) is 50.4 Å². The molecular formula is C32H36BrCl2N3O5S. The number of nitrogens with zero attached hydrogens (tertiary/aromatic N) is 2. The molecule has 0 bridgehead atoms. The molecule has 0 radical (unpaired) electrons. The molecule has 0 aromatic heterocycles. The molecular weight excluding hydrogens is 689 g/mol. The zero-order valence-corrected chi connectivity index (χ0v) is 28.6. The van der Waals surface area contributed by atoms with Gasteiger partial charge in [-0.3, -0.25) is 13.9 Å². The number of ether oxygens (including phenoxy) is 1. The number of sulfonamides is 1. The number of nitrogens with one attached hydrogen (secondary N) is 1. The molecule has 1 unspecified atom stereocenters. The van der Waals surface area contributed by atoms with Crippen LogP contribution >= 0.6 is 39.1 Å². The Morgan fingerprint density at radius 2 is 1.66 bits per heavy atom. The van der Waals surface area contributed by atoms with Crippen molar-refractivity contribution in [3.63, 3.8) is 0 Å². The first-order valence-corrected chi connectivity index (χ1v) is 17.6. The Labute approximate surface area is 277 Å². The van der Waals surface area contributed by atoms with Crippen LogP contribution in [0.2, 0.25) is 10.0 Å². The molecule has 0 heterocycles. The van der Waals surface area contributed by atoms with E-state index >= 15 is 0 Å². The summed E-state index contributed by atoms with van der Waals surface area (Å²) < 4.78 is 35.4. The van der Waals surface area contributed by atoms with Gasteiger partial charge in [-0.2, -0.15) is 0 Å². The van der Waals surface area contributed by atoms with Gasteiger partial charge >= 0.3 is 0 Å². The summed E-state index contributed by atoms with van der Waals surface area (Å²) in [6, 6.07) is 16.8. The number of hydrogen-bond donors (Lipinski definition) is 1. The van der Waals surface area contributed by atoms with Gasteiger partial charge in [-0.05, 0) is 92.4 Å². The molecule has 1 aliphatic carbocycles. The monoisotopic (exact) mass is 723 g/mol. The first-order chi connectivity index (χ1) is 21.0. The number of carbonyl (C=O) groups is 2. The van der Waals surface area contributed by atoms with Gasteiger partial charge in [0.05, 0.1) is 17.2 Å². The Hall–Kier alpha value is -2.79. The normalized spacial score (nSPS) is 14.2. The summed E-state index contributed by atoms with van der Waals surface area (Å²) in [5.41, 5.74) is 0.859. The summed E-state index contributed by atoms with van der Waals surface area (Å²) in [7, 11) is -4.20. The average Bonchev–Trinajstić information content (AvgIpc) is 3.50. The fraction of sp³-hybridized carbons (Fsp3) is 0.375. The van der Waals surface area contributed by atoms with Gasteiger partial charge in [0.25, 0.3) is 10.0 Å². The number of halogens is 3. The maximum absolute atomic E-state index is 14.3. The van der Waals surface area contributed by atoms with Crippen LogP contribution in [-0.2, 0) is 26.2 Å². The van der Waals surface area contributed by atoms with E-state index in [1.807, 2.05) is 13.8 Å². The van der Waals surface area contributed by atoms with E-state index in [-0.39, 0.29) is 29.1 Å². The molecule has 1 saturated carbocycles. The number of carbonyl (C=O) groups excluding carboxylic acids is 2. The summed E-state index contributed by atoms with van der Waals surface area (Å²) >= 11 is 16.0. The Morgan fingerprint density at radius 1 is 1.00 bits per heavy atom. The fourth-order valence-corrected chi connectivity index (χ4v) is 7.41. The third-order valence-corrected chi connectivity index (χ3v) is 10.5. The van der Waals surface area contributed by atoms with Gasteiger partial charge in [-0.25, -0.2) is 8.42 Å². The van der Waals surface area contributed by atoms with Crippen molar-refractivity contribution in [3.05, 3.63) is 86.8 Å².